The van der Waals surface area contributed by atoms with Crippen LogP contribution in [0.15, 0.2) is 51.5 Å². The van der Waals surface area contributed by atoms with Crippen LogP contribution in [0, 0.1) is 17.7 Å². The number of urea groups is 1. The first-order valence-corrected chi connectivity index (χ1v) is 16.6. The summed E-state index contributed by atoms with van der Waals surface area (Å²) in [5.74, 6) is -0.396. The van der Waals surface area contributed by atoms with Crippen LogP contribution in [-0.2, 0) is 16.4 Å². The minimum atomic E-state index is -3.95. The minimum Gasteiger partial charge on any atom is -0.369 e. The fourth-order valence-electron chi connectivity index (χ4n) is 3.85. The number of nitrogens with two attached hydrogens (primary N) is 4. The third kappa shape index (κ3) is 17.3. The number of aromatic nitrogens is 2. The van der Waals surface area contributed by atoms with Crippen molar-refractivity contribution in [3.63, 3.8) is 0 Å². The molecule has 1 fully saturated rings. The molecule has 2 aromatic rings. The number of aliphatic imine (C=N–C) groups is 2. The number of aryl methyl sites for hydroxylation is 1. The van der Waals surface area contributed by atoms with Crippen LogP contribution in [0.5, 0.6) is 0 Å². The standard InChI is InChI=1S/C21H27N5O4S.2C4H11N5/c1-15-13-24-19(14-23-15)20(27)22-12-11-16-7-9-18(10-8-16)31(29,30)26-21(28)25-17-5-3-2-4-6-17;2*1-9(2)4(7)8-3(5)6/h7-10,13-14,17H,2-6,11-12H2,1H3,(H,22,27)(H2,25,26,28);2*1-2H3,(H5,5,6,7,8). The maximum atomic E-state index is 12.4. The van der Waals surface area contributed by atoms with E-state index in [9.17, 15) is 18.0 Å². The molecular formula is C29H49N15O4S. The Hall–Kier alpha value is -5.53. The van der Waals surface area contributed by atoms with Gasteiger partial charge in [-0.1, -0.05) is 31.4 Å². The molecule has 0 aliphatic heterocycles. The highest BCUT2D eigenvalue weighted by Gasteiger charge is 2.21. The first-order chi connectivity index (χ1) is 22.9. The summed E-state index contributed by atoms with van der Waals surface area (Å²) in [6.45, 7) is 2.15. The van der Waals surface area contributed by atoms with Gasteiger partial charge in [0, 0.05) is 47.0 Å². The van der Waals surface area contributed by atoms with Crippen LogP contribution in [0.3, 0.4) is 0 Å². The summed E-state index contributed by atoms with van der Waals surface area (Å²) in [4.78, 5) is 42.2. The second kappa shape index (κ2) is 20.7. The topological polar surface area (TPSA) is 313 Å². The molecule has 1 aliphatic rings. The second-order valence-electron chi connectivity index (χ2n) is 11.1. The van der Waals surface area contributed by atoms with E-state index in [1.54, 1.807) is 57.0 Å². The smallest absolute Gasteiger partial charge is 0.328 e. The fraction of sp³-hybridized carbons (Fsp3) is 0.448. The van der Waals surface area contributed by atoms with Gasteiger partial charge in [0.05, 0.1) is 16.8 Å². The lowest BCUT2D eigenvalue weighted by atomic mass is 9.96. The minimum absolute atomic E-state index is 0.00834. The zero-order valence-corrected chi connectivity index (χ0v) is 29.3. The summed E-state index contributed by atoms with van der Waals surface area (Å²) in [6.07, 6.45) is 8.43. The number of amides is 3. The molecule has 3 rings (SSSR count). The fourth-order valence-corrected chi connectivity index (χ4v) is 4.76. The van der Waals surface area contributed by atoms with Gasteiger partial charge in [0.25, 0.3) is 15.9 Å². The van der Waals surface area contributed by atoms with Gasteiger partial charge < -0.3 is 43.4 Å². The SMILES string of the molecule is CN(C)C(N)=NC(=N)N.CN(C)C(N)=NC(=N)N.Cc1cnc(C(=O)NCCc2ccc(S(=O)(=O)NC(=O)NC3CCCCC3)cc2)cn1. The lowest BCUT2D eigenvalue weighted by molar-refractivity contribution is 0.0948. The van der Waals surface area contributed by atoms with Crippen molar-refractivity contribution in [2.24, 2.45) is 32.9 Å². The van der Waals surface area contributed by atoms with Gasteiger partial charge in [0.2, 0.25) is 11.9 Å². The molecule has 270 valence electrons. The number of hydrogen-bond donors (Lipinski definition) is 9. The Morgan fingerprint density at radius 2 is 1.41 bits per heavy atom. The average Bonchev–Trinajstić information content (AvgIpc) is 3.01. The molecule has 0 spiro atoms. The van der Waals surface area contributed by atoms with Gasteiger partial charge in [-0.3, -0.25) is 20.6 Å². The molecule has 0 radical (unpaired) electrons. The first-order valence-electron chi connectivity index (χ1n) is 15.1. The monoisotopic (exact) mass is 703 g/mol. The number of guanidine groups is 4. The molecule has 1 aromatic heterocycles. The van der Waals surface area contributed by atoms with Gasteiger partial charge in [-0.25, -0.2) is 22.9 Å². The summed E-state index contributed by atoms with van der Waals surface area (Å²) in [6, 6.07) is 5.53. The van der Waals surface area contributed by atoms with Gasteiger partial charge in [-0.05, 0) is 43.9 Å². The molecule has 0 atom stereocenters. The van der Waals surface area contributed by atoms with Crippen LogP contribution in [0.4, 0.5) is 4.79 Å². The van der Waals surface area contributed by atoms with Crippen LogP contribution < -0.4 is 38.3 Å². The third-order valence-electron chi connectivity index (χ3n) is 6.50. The highest BCUT2D eigenvalue weighted by Crippen LogP contribution is 2.17. The van der Waals surface area contributed by atoms with Gasteiger partial charge >= 0.3 is 6.03 Å². The van der Waals surface area contributed by atoms with Crippen molar-refractivity contribution >= 4 is 45.8 Å². The van der Waals surface area contributed by atoms with Crippen molar-refractivity contribution in [2.75, 3.05) is 34.7 Å². The summed E-state index contributed by atoms with van der Waals surface area (Å²) in [5.41, 5.74) is 22.2. The Labute approximate surface area is 287 Å². The van der Waals surface area contributed by atoms with E-state index < -0.39 is 16.1 Å². The van der Waals surface area contributed by atoms with Crippen molar-refractivity contribution in [3.05, 3.63) is 53.6 Å². The molecule has 1 aliphatic carbocycles. The summed E-state index contributed by atoms with van der Waals surface area (Å²) in [5, 5.41) is 18.9. The summed E-state index contributed by atoms with van der Waals surface area (Å²) < 4.78 is 26.9. The molecule has 19 nitrogen and oxygen atoms in total. The number of sulfonamides is 1. The number of nitrogens with one attached hydrogen (secondary N) is 5. The molecule has 49 heavy (non-hydrogen) atoms. The zero-order chi connectivity index (χ0) is 37.1. The average molecular weight is 704 g/mol. The van der Waals surface area contributed by atoms with Crippen molar-refractivity contribution in [1.82, 2.24) is 35.1 Å². The summed E-state index contributed by atoms with van der Waals surface area (Å²) in [7, 11) is 2.95. The van der Waals surface area contributed by atoms with Gasteiger partial charge in [0.15, 0.2) is 11.9 Å². The van der Waals surface area contributed by atoms with Crippen LogP contribution in [-0.4, -0.2) is 105 Å². The summed E-state index contributed by atoms with van der Waals surface area (Å²) >= 11 is 0. The normalized spacial score (nSPS) is 13.3. The number of rotatable bonds is 7. The van der Waals surface area contributed by atoms with E-state index in [0.717, 1.165) is 43.4 Å². The Kier molecular flexibility index (Phi) is 17.5. The largest absolute Gasteiger partial charge is 0.369 e. The molecule has 1 aromatic carbocycles. The Bertz CT molecular complexity index is 1520. The van der Waals surface area contributed by atoms with Crippen LogP contribution in [0.1, 0.15) is 53.8 Å². The van der Waals surface area contributed by atoms with Gasteiger partial charge in [-0.2, -0.15) is 9.98 Å². The van der Waals surface area contributed by atoms with E-state index in [0.29, 0.717) is 13.0 Å². The molecule has 13 N–H and O–H groups in total. The molecule has 20 heteroatoms. The maximum Gasteiger partial charge on any atom is 0.328 e. The van der Waals surface area contributed by atoms with E-state index in [1.165, 1.54) is 24.5 Å². The van der Waals surface area contributed by atoms with Crippen molar-refractivity contribution in [1.29, 1.82) is 10.8 Å². The van der Waals surface area contributed by atoms with E-state index in [4.69, 9.17) is 33.8 Å². The van der Waals surface area contributed by atoms with Crippen LogP contribution >= 0.6 is 0 Å². The van der Waals surface area contributed by atoms with Crippen LogP contribution in [0.25, 0.3) is 0 Å². The highest BCUT2D eigenvalue weighted by atomic mass is 32.2. The number of benzene rings is 1. The lowest BCUT2D eigenvalue weighted by Crippen LogP contribution is -2.45. The first kappa shape index (κ1) is 41.5. The zero-order valence-electron chi connectivity index (χ0n) is 28.5. The van der Waals surface area contributed by atoms with E-state index in [-0.39, 0.29) is 46.4 Å². The molecule has 0 saturated heterocycles. The number of carbonyl (C=O) groups is 2. The Balaban J connectivity index is 0.000000547. The number of hydrogen-bond acceptors (Lipinski definition) is 8. The van der Waals surface area contributed by atoms with Crippen molar-refractivity contribution in [3.8, 4) is 0 Å². The molecule has 3 amide bonds. The maximum absolute atomic E-state index is 12.4. The molecule has 1 heterocycles. The quantitative estimate of drug-likeness (QED) is 0.131. The third-order valence-corrected chi connectivity index (χ3v) is 7.85. The lowest BCUT2D eigenvalue weighted by Gasteiger charge is -2.22. The van der Waals surface area contributed by atoms with Crippen molar-refractivity contribution < 1.29 is 18.0 Å². The number of carbonyl (C=O) groups excluding carboxylic acids is 2. The second-order valence-corrected chi connectivity index (χ2v) is 12.8. The predicted molar refractivity (Wildman–Crippen MR) is 189 cm³/mol. The van der Waals surface area contributed by atoms with E-state index in [1.807, 2.05) is 0 Å². The Morgan fingerprint density at radius 3 is 1.84 bits per heavy atom. The van der Waals surface area contributed by atoms with Gasteiger partial charge in [0.1, 0.15) is 5.69 Å². The highest BCUT2D eigenvalue weighted by molar-refractivity contribution is 7.90. The van der Waals surface area contributed by atoms with Crippen molar-refractivity contribution in [2.45, 2.75) is 56.4 Å². The Morgan fingerprint density at radius 1 is 0.878 bits per heavy atom. The molecule has 0 unspecified atom stereocenters. The molecular weight excluding hydrogens is 654 g/mol. The molecule has 1 saturated carbocycles. The predicted octanol–water partition coefficient (Wildman–Crippen LogP) is -0.410. The number of nitrogens with zero attached hydrogens (tertiary/aromatic N) is 6. The molecule has 0 bridgehead atoms. The van der Waals surface area contributed by atoms with E-state index in [2.05, 4.69) is 35.3 Å². The van der Waals surface area contributed by atoms with E-state index >= 15 is 0 Å². The van der Waals surface area contributed by atoms with Gasteiger partial charge in [-0.15, -0.1) is 0 Å². The van der Waals surface area contributed by atoms with Crippen LogP contribution in [0.2, 0.25) is 0 Å².